The summed E-state index contributed by atoms with van der Waals surface area (Å²) in [7, 11) is 0. The van der Waals surface area contributed by atoms with Crippen molar-refractivity contribution in [3.63, 3.8) is 0 Å². The Morgan fingerprint density at radius 2 is 2.15 bits per heavy atom. The normalized spacial score (nSPS) is 13.7. The van der Waals surface area contributed by atoms with E-state index in [1.807, 2.05) is 17.5 Å². The van der Waals surface area contributed by atoms with Crippen LogP contribution in [-0.2, 0) is 20.9 Å². The molecule has 1 N–H and O–H groups in total. The maximum absolute atomic E-state index is 12.2. The maximum Gasteiger partial charge on any atom is 0.338 e. The standard InChI is InChI=1S/C18H17ClN2O4S/c19-14-6-5-12(9-15(14)21-7-1-4-17(21)23)18(24)25-11-16(22)20-10-13-3-2-8-26-13/h2-3,5-6,8-9H,1,4,7,10-11H2,(H,20,22). The Balaban J connectivity index is 1.57. The minimum Gasteiger partial charge on any atom is -0.452 e. The van der Waals surface area contributed by atoms with Crippen LogP contribution in [0, 0.1) is 0 Å². The van der Waals surface area contributed by atoms with E-state index in [1.165, 1.54) is 23.5 Å². The molecule has 1 aromatic heterocycles. The Morgan fingerprint density at radius 3 is 2.85 bits per heavy atom. The lowest BCUT2D eigenvalue weighted by Gasteiger charge is -2.18. The number of halogens is 1. The zero-order valence-electron chi connectivity index (χ0n) is 13.9. The Kier molecular flexibility index (Phi) is 5.90. The average molecular weight is 393 g/mol. The molecule has 1 saturated heterocycles. The van der Waals surface area contributed by atoms with Gasteiger partial charge in [0.2, 0.25) is 5.91 Å². The van der Waals surface area contributed by atoms with E-state index in [2.05, 4.69) is 5.32 Å². The summed E-state index contributed by atoms with van der Waals surface area (Å²) in [5.41, 5.74) is 0.737. The van der Waals surface area contributed by atoms with Gasteiger partial charge in [-0.1, -0.05) is 17.7 Å². The summed E-state index contributed by atoms with van der Waals surface area (Å²) in [6.45, 7) is 0.600. The molecule has 0 unspecified atom stereocenters. The molecule has 2 heterocycles. The number of anilines is 1. The van der Waals surface area contributed by atoms with Crippen LogP contribution in [0.5, 0.6) is 0 Å². The van der Waals surface area contributed by atoms with Gasteiger partial charge in [0.25, 0.3) is 5.91 Å². The second-order valence-corrected chi connectivity index (χ2v) is 7.19. The predicted octanol–water partition coefficient (Wildman–Crippen LogP) is 3.00. The molecule has 26 heavy (non-hydrogen) atoms. The van der Waals surface area contributed by atoms with E-state index in [-0.39, 0.29) is 24.0 Å². The van der Waals surface area contributed by atoms with Crippen molar-refractivity contribution in [2.75, 3.05) is 18.1 Å². The van der Waals surface area contributed by atoms with Crippen LogP contribution in [0.15, 0.2) is 35.7 Å². The summed E-state index contributed by atoms with van der Waals surface area (Å²) in [6.07, 6.45) is 1.23. The fraction of sp³-hybridized carbons (Fsp3) is 0.278. The van der Waals surface area contributed by atoms with Crippen molar-refractivity contribution < 1.29 is 19.1 Å². The van der Waals surface area contributed by atoms with Crippen LogP contribution in [-0.4, -0.2) is 30.9 Å². The Bertz CT molecular complexity index is 823. The number of ether oxygens (including phenoxy) is 1. The molecule has 0 atom stereocenters. The van der Waals surface area contributed by atoms with Gasteiger partial charge in [0.1, 0.15) is 0 Å². The highest BCUT2D eigenvalue weighted by Gasteiger charge is 2.24. The van der Waals surface area contributed by atoms with Gasteiger partial charge < -0.3 is 15.0 Å². The van der Waals surface area contributed by atoms with Crippen LogP contribution in [0.1, 0.15) is 28.1 Å². The van der Waals surface area contributed by atoms with Crippen LogP contribution in [0.25, 0.3) is 0 Å². The van der Waals surface area contributed by atoms with Gasteiger partial charge >= 0.3 is 5.97 Å². The highest BCUT2D eigenvalue weighted by Crippen LogP contribution is 2.30. The van der Waals surface area contributed by atoms with Crippen LogP contribution in [0.3, 0.4) is 0 Å². The molecule has 0 spiro atoms. The zero-order valence-corrected chi connectivity index (χ0v) is 15.4. The van der Waals surface area contributed by atoms with Crippen molar-refractivity contribution in [3.8, 4) is 0 Å². The molecule has 0 radical (unpaired) electrons. The van der Waals surface area contributed by atoms with Crippen molar-refractivity contribution in [1.82, 2.24) is 5.32 Å². The number of carbonyl (C=O) groups is 3. The molecule has 8 heteroatoms. The SMILES string of the molecule is O=C(COC(=O)c1ccc(Cl)c(N2CCCC2=O)c1)NCc1cccs1. The first-order valence-electron chi connectivity index (χ1n) is 8.11. The van der Waals surface area contributed by atoms with E-state index in [4.69, 9.17) is 16.3 Å². The van der Waals surface area contributed by atoms with Crippen LogP contribution < -0.4 is 10.2 Å². The largest absolute Gasteiger partial charge is 0.452 e. The van der Waals surface area contributed by atoms with Crippen molar-refractivity contribution >= 4 is 46.4 Å². The molecule has 1 aliphatic rings. The van der Waals surface area contributed by atoms with Gasteiger partial charge in [-0.05, 0) is 36.1 Å². The topological polar surface area (TPSA) is 75.7 Å². The molecular weight excluding hydrogens is 376 g/mol. The van der Waals surface area contributed by atoms with Crippen LogP contribution in [0.2, 0.25) is 5.02 Å². The molecule has 136 valence electrons. The molecule has 1 aliphatic heterocycles. The molecule has 0 saturated carbocycles. The van der Waals surface area contributed by atoms with Gasteiger partial charge in [0, 0.05) is 17.8 Å². The third kappa shape index (κ3) is 4.42. The highest BCUT2D eigenvalue weighted by molar-refractivity contribution is 7.09. The summed E-state index contributed by atoms with van der Waals surface area (Å²) in [5, 5.41) is 5.00. The maximum atomic E-state index is 12.2. The number of esters is 1. The molecule has 0 bridgehead atoms. The Morgan fingerprint density at radius 1 is 1.31 bits per heavy atom. The fourth-order valence-corrected chi connectivity index (χ4v) is 3.48. The smallest absolute Gasteiger partial charge is 0.338 e. The third-order valence-corrected chi connectivity index (χ3v) is 5.12. The van der Waals surface area contributed by atoms with Gasteiger partial charge in [0.15, 0.2) is 6.61 Å². The minimum absolute atomic E-state index is 0.0228. The Hall–Kier alpha value is -2.38. The predicted molar refractivity (Wildman–Crippen MR) is 99.5 cm³/mol. The van der Waals surface area contributed by atoms with E-state index in [0.717, 1.165) is 11.3 Å². The number of benzene rings is 1. The first kappa shape index (κ1) is 18.4. The summed E-state index contributed by atoms with van der Waals surface area (Å²) in [6, 6.07) is 8.40. The lowest BCUT2D eigenvalue weighted by atomic mass is 10.2. The van der Waals surface area contributed by atoms with E-state index >= 15 is 0 Å². The van der Waals surface area contributed by atoms with Crippen molar-refractivity contribution in [2.24, 2.45) is 0 Å². The lowest BCUT2D eigenvalue weighted by Crippen LogP contribution is -2.28. The monoisotopic (exact) mass is 392 g/mol. The number of rotatable bonds is 6. The molecule has 2 amide bonds. The third-order valence-electron chi connectivity index (χ3n) is 3.92. The van der Waals surface area contributed by atoms with Crippen molar-refractivity contribution in [3.05, 3.63) is 51.2 Å². The summed E-state index contributed by atoms with van der Waals surface area (Å²) >= 11 is 7.69. The number of nitrogens with zero attached hydrogens (tertiary/aromatic N) is 1. The number of nitrogens with one attached hydrogen (secondary N) is 1. The summed E-state index contributed by atoms with van der Waals surface area (Å²) in [5.74, 6) is -1.04. The van der Waals surface area contributed by atoms with E-state index in [9.17, 15) is 14.4 Å². The zero-order chi connectivity index (χ0) is 18.5. The first-order valence-corrected chi connectivity index (χ1v) is 9.36. The molecule has 2 aromatic rings. The second kappa shape index (κ2) is 8.33. The summed E-state index contributed by atoms with van der Waals surface area (Å²) in [4.78, 5) is 38.5. The fourth-order valence-electron chi connectivity index (χ4n) is 2.61. The molecule has 3 rings (SSSR count). The van der Waals surface area contributed by atoms with Crippen molar-refractivity contribution in [1.29, 1.82) is 0 Å². The molecule has 1 aromatic carbocycles. The average Bonchev–Trinajstić information content (AvgIpc) is 3.30. The summed E-state index contributed by atoms with van der Waals surface area (Å²) < 4.78 is 5.05. The lowest BCUT2D eigenvalue weighted by molar-refractivity contribution is -0.124. The first-order chi connectivity index (χ1) is 12.5. The van der Waals surface area contributed by atoms with Crippen LogP contribution >= 0.6 is 22.9 Å². The number of carbonyl (C=O) groups excluding carboxylic acids is 3. The molecule has 0 aliphatic carbocycles. The van der Waals surface area contributed by atoms with Crippen LogP contribution in [0.4, 0.5) is 5.69 Å². The van der Waals surface area contributed by atoms with E-state index in [0.29, 0.717) is 30.2 Å². The minimum atomic E-state index is -0.638. The second-order valence-electron chi connectivity index (χ2n) is 5.75. The molecule has 6 nitrogen and oxygen atoms in total. The van der Waals surface area contributed by atoms with E-state index < -0.39 is 5.97 Å². The van der Waals surface area contributed by atoms with Gasteiger partial charge in [-0.15, -0.1) is 11.3 Å². The molecule has 1 fully saturated rings. The number of hydrogen-bond donors (Lipinski definition) is 1. The highest BCUT2D eigenvalue weighted by atomic mass is 35.5. The van der Waals surface area contributed by atoms with Gasteiger partial charge in [0.05, 0.1) is 22.8 Å². The van der Waals surface area contributed by atoms with Gasteiger partial charge in [-0.3, -0.25) is 9.59 Å². The number of hydrogen-bond acceptors (Lipinski definition) is 5. The van der Waals surface area contributed by atoms with Crippen molar-refractivity contribution in [2.45, 2.75) is 19.4 Å². The molecular formula is C18H17ClN2O4S. The number of amides is 2. The van der Waals surface area contributed by atoms with Gasteiger partial charge in [-0.25, -0.2) is 4.79 Å². The quantitative estimate of drug-likeness (QED) is 0.767. The number of thiophene rings is 1. The van der Waals surface area contributed by atoms with Gasteiger partial charge in [-0.2, -0.15) is 0 Å². The van der Waals surface area contributed by atoms with E-state index in [1.54, 1.807) is 11.0 Å². The Labute approximate surface area is 159 Å².